The summed E-state index contributed by atoms with van der Waals surface area (Å²) in [5.41, 5.74) is 2.10. The maximum atomic E-state index is 13.3. The van der Waals surface area contributed by atoms with Crippen molar-refractivity contribution in [1.82, 2.24) is 0 Å². The molecule has 2 aromatic carbocycles. The van der Waals surface area contributed by atoms with Crippen LogP contribution in [0, 0.1) is 0 Å². The van der Waals surface area contributed by atoms with Crippen LogP contribution in [0.5, 0.6) is 0 Å². The molecule has 8 heteroatoms. The summed E-state index contributed by atoms with van der Waals surface area (Å²) in [6.07, 6.45) is -15.4. The molecule has 0 saturated heterocycles. The Morgan fingerprint density at radius 1 is 0.750 bits per heavy atom. The average molecular weight is 345 g/mol. The topological polar surface area (TPSA) is 21.6 Å². The second-order valence-electron chi connectivity index (χ2n) is 5.09. The smallest absolute Gasteiger partial charge is 0.319 e. The second-order valence-corrected chi connectivity index (χ2v) is 5.09. The summed E-state index contributed by atoms with van der Waals surface area (Å²) >= 11 is 0. The van der Waals surface area contributed by atoms with Crippen molar-refractivity contribution in [3.8, 4) is 11.1 Å². The molecule has 126 valence electrons. The van der Waals surface area contributed by atoms with E-state index in [9.17, 15) is 26.3 Å². The van der Waals surface area contributed by atoms with Gasteiger partial charge in [0.1, 0.15) is 5.71 Å². The zero-order chi connectivity index (χ0) is 17.5. The number of alkyl halides is 6. The molecule has 0 bridgehead atoms. The van der Waals surface area contributed by atoms with Gasteiger partial charge in [-0.25, -0.2) is 4.39 Å². The van der Waals surface area contributed by atoms with E-state index in [0.717, 1.165) is 0 Å². The molecule has 2 nitrogen and oxygen atoms in total. The van der Waals surface area contributed by atoms with E-state index in [-0.39, 0.29) is 5.71 Å². The lowest BCUT2D eigenvalue weighted by molar-refractivity contribution is -0.336. The van der Waals surface area contributed by atoms with Gasteiger partial charge in [-0.3, -0.25) is 0 Å². The van der Waals surface area contributed by atoms with Gasteiger partial charge in [0.05, 0.1) is 0 Å². The third kappa shape index (κ3) is 2.72. The molecule has 2 aromatic rings. The SMILES string of the molecule is FC(C(F)(F)F)C(F)(F)ON=C1c2ccccc2-c2ccccc21. The van der Waals surface area contributed by atoms with Crippen molar-refractivity contribution in [3.05, 3.63) is 59.7 Å². The number of fused-ring (bicyclic) bond motifs is 3. The Morgan fingerprint density at radius 2 is 1.17 bits per heavy atom. The van der Waals surface area contributed by atoms with Crippen molar-refractivity contribution >= 4 is 5.71 Å². The second kappa shape index (κ2) is 5.54. The lowest BCUT2D eigenvalue weighted by Gasteiger charge is -2.20. The quantitative estimate of drug-likeness (QED) is 0.487. The first-order valence-electron chi connectivity index (χ1n) is 6.76. The predicted molar refractivity (Wildman–Crippen MR) is 74.5 cm³/mol. The van der Waals surface area contributed by atoms with Crippen LogP contribution in [0.15, 0.2) is 53.7 Å². The molecule has 0 N–H and O–H groups in total. The minimum atomic E-state index is -5.75. The number of hydrogen-bond donors (Lipinski definition) is 0. The van der Waals surface area contributed by atoms with Crippen LogP contribution in [0.1, 0.15) is 11.1 Å². The Labute approximate surface area is 132 Å². The van der Waals surface area contributed by atoms with Gasteiger partial charge >= 0.3 is 12.3 Å². The van der Waals surface area contributed by atoms with Crippen LogP contribution in [0.2, 0.25) is 0 Å². The highest BCUT2D eigenvalue weighted by Crippen LogP contribution is 2.39. The van der Waals surface area contributed by atoms with Gasteiger partial charge in [-0.15, -0.1) is 0 Å². The summed E-state index contributed by atoms with van der Waals surface area (Å²) in [7, 11) is 0. The van der Waals surface area contributed by atoms with Crippen molar-refractivity contribution < 1.29 is 31.2 Å². The molecule has 0 saturated carbocycles. The van der Waals surface area contributed by atoms with Crippen LogP contribution < -0.4 is 0 Å². The summed E-state index contributed by atoms with van der Waals surface area (Å²) in [6, 6.07) is 13.2. The van der Waals surface area contributed by atoms with E-state index >= 15 is 0 Å². The highest BCUT2D eigenvalue weighted by molar-refractivity contribution is 6.24. The van der Waals surface area contributed by atoms with Crippen LogP contribution in [-0.4, -0.2) is 24.2 Å². The molecule has 0 radical (unpaired) electrons. The predicted octanol–water partition coefficient (Wildman–Crippen LogP) is 4.93. The third-order valence-corrected chi connectivity index (χ3v) is 3.50. The highest BCUT2D eigenvalue weighted by atomic mass is 19.4. The normalized spacial score (nSPS) is 14.8. The van der Waals surface area contributed by atoms with E-state index in [0.29, 0.717) is 22.3 Å². The van der Waals surface area contributed by atoms with Crippen LogP contribution in [0.3, 0.4) is 0 Å². The molecular formula is C16H9F6NO. The monoisotopic (exact) mass is 345 g/mol. The maximum Gasteiger partial charge on any atom is 0.458 e. The number of halogens is 6. The lowest BCUT2D eigenvalue weighted by Crippen LogP contribution is -2.42. The fourth-order valence-corrected chi connectivity index (χ4v) is 2.44. The van der Waals surface area contributed by atoms with Gasteiger partial charge in [-0.1, -0.05) is 53.7 Å². The molecule has 3 rings (SSSR count). The van der Waals surface area contributed by atoms with Crippen molar-refractivity contribution in [2.24, 2.45) is 5.16 Å². The van der Waals surface area contributed by atoms with Crippen molar-refractivity contribution in [3.63, 3.8) is 0 Å². The molecule has 1 atom stereocenters. The van der Waals surface area contributed by atoms with Gasteiger partial charge in [0.2, 0.25) is 0 Å². The maximum absolute atomic E-state index is 13.3. The van der Waals surface area contributed by atoms with Gasteiger partial charge in [0, 0.05) is 11.1 Å². The minimum Gasteiger partial charge on any atom is -0.319 e. The molecular weight excluding hydrogens is 336 g/mol. The Balaban J connectivity index is 1.99. The Hall–Kier alpha value is -2.51. The van der Waals surface area contributed by atoms with Crippen LogP contribution in [0.4, 0.5) is 26.3 Å². The van der Waals surface area contributed by atoms with Gasteiger partial charge in [-0.2, -0.15) is 22.0 Å². The highest BCUT2D eigenvalue weighted by Gasteiger charge is 2.60. The largest absolute Gasteiger partial charge is 0.458 e. The molecule has 0 aliphatic heterocycles. The van der Waals surface area contributed by atoms with Gasteiger partial charge in [0.15, 0.2) is 0 Å². The fraction of sp³-hybridized carbons (Fsp3) is 0.188. The van der Waals surface area contributed by atoms with E-state index in [2.05, 4.69) is 9.99 Å². The van der Waals surface area contributed by atoms with E-state index in [1.54, 1.807) is 48.5 Å². The fourth-order valence-electron chi connectivity index (χ4n) is 2.44. The number of hydrogen-bond acceptors (Lipinski definition) is 2. The van der Waals surface area contributed by atoms with Crippen LogP contribution in [0.25, 0.3) is 11.1 Å². The minimum absolute atomic E-state index is 0.0738. The molecule has 0 aromatic heterocycles. The zero-order valence-corrected chi connectivity index (χ0v) is 11.8. The Bertz CT molecular complexity index is 752. The zero-order valence-electron chi connectivity index (χ0n) is 11.8. The van der Waals surface area contributed by atoms with Gasteiger partial charge in [-0.05, 0) is 11.1 Å². The van der Waals surface area contributed by atoms with E-state index in [1.807, 2.05) is 0 Å². The van der Waals surface area contributed by atoms with Crippen molar-refractivity contribution in [1.29, 1.82) is 0 Å². The van der Waals surface area contributed by atoms with E-state index < -0.39 is 18.5 Å². The average Bonchev–Trinajstić information content (AvgIpc) is 2.85. The van der Waals surface area contributed by atoms with Crippen molar-refractivity contribution in [2.75, 3.05) is 0 Å². The third-order valence-electron chi connectivity index (χ3n) is 3.50. The standard InChI is InChI=1S/C16H9F6NO/c17-14(15(18,19)20)16(21,22)24-23-13-11-7-3-1-5-9(11)10-6-2-4-8-12(10)13/h1-8,14H. The number of rotatable bonds is 3. The Kier molecular flexibility index (Phi) is 3.77. The van der Waals surface area contributed by atoms with Crippen LogP contribution >= 0.6 is 0 Å². The first-order valence-corrected chi connectivity index (χ1v) is 6.76. The molecule has 24 heavy (non-hydrogen) atoms. The molecule has 1 unspecified atom stereocenters. The summed E-state index contributed by atoms with van der Waals surface area (Å²) < 4.78 is 75.9. The van der Waals surface area contributed by atoms with E-state index in [4.69, 9.17) is 0 Å². The van der Waals surface area contributed by atoms with E-state index in [1.165, 1.54) is 0 Å². The summed E-state index contributed by atoms with van der Waals surface area (Å²) in [4.78, 5) is 3.68. The number of benzene rings is 2. The lowest BCUT2D eigenvalue weighted by atomic mass is 10.1. The molecule has 1 aliphatic rings. The number of nitrogens with zero attached hydrogens (tertiary/aromatic N) is 1. The van der Waals surface area contributed by atoms with Gasteiger partial charge in [0.25, 0.3) is 6.17 Å². The molecule has 0 amide bonds. The van der Waals surface area contributed by atoms with Crippen LogP contribution in [-0.2, 0) is 4.84 Å². The van der Waals surface area contributed by atoms with Gasteiger partial charge < -0.3 is 4.84 Å². The molecule has 0 fully saturated rings. The molecule has 0 heterocycles. The first kappa shape index (κ1) is 16.4. The summed E-state index contributed by atoms with van der Waals surface area (Å²) in [5.74, 6) is 0. The summed E-state index contributed by atoms with van der Waals surface area (Å²) in [6.45, 7) is 0. The first-order chi connectivity index (χ1) is 11.2. The number of oxime groups is 1. The summed E-state index contributed by atoms with van der Waals surface area (Å²) in [5, 5.41) is 3.14. The molecule has 0 spiro atoms. The molecule has 1 aliphatic carbocycles. The Morgan fingerprint density at radius 3 is 1.58 bits per heavy atom. The van der Waals surface area contributed by atoms with Crippen molar-refractivity contribution in [2.45, 2.75) is 18.5 Å².